The summed E-state index contributed by atoms with van der Waals surface area (Å²) in [5.74, 6) is 0.945. The van der Waals surface area contributed by atoms with Crippen molar-refractivity contribution in [3.05, 3.63) is 98.9 Å². The maximum absolute atomic E-state index is 12.2. The second kappa shape index (κ2) is 18.4. The van der Waals surface area contributed by atoms with Crippen LogP contribution in [-0.2, 0) is 36.7 Å². The van der Waals surface area contributed by atoms with E-state index in [9.17, 15) is 9.90 Å². The molecule has 3 aromatic heterocycles. The smallest absolute Gasteiger partial charge is 0.164 e. The number of ketones is 1. The molecular formula is C51H64IrNO2S2-. The average Bonchev–Trinajstić information content (AvgIpc) is 3.64. The first kappa shape index (κ1) is 46.5. The Bertz CT molecular complexity index is 2400. The van der Waals surface area contributed by atoms with Gasteiger partial charge in [-0.15, -0.1) is 51.8 Å². The largest absolute Gasteiger partial charge is 0.512 e. The van der Waals surface area contributed by atoms with E-state index in [0.717, 1.165) is 54.3 Å². The minimum absolute atomic E-state index is 0. The van der Waals surface area contributed by atoms with Gasteiger partial charge in [0.2, 0.25) is 0 Å². The van der Waals surface area contributed by atoms with Crippen molar-refractivity contribution < 1.29 is 30.0 Å². The van der Waals surface area contributed by atoms with Crippen LogP contribution in [0.1, 0.15) is 128 Å². The second-order valence-corrected chi connectivity index (χ2v) is 20.2. The Morgan fingerprint density at radius 1 is 0.825 bits per heavy atom. The Balaban J connectivity index is 0.000000341. The van der Waals surface area contributed by atoms with E-state index in [1.165, 1.54) is 63.8 Å². The van der Waals surface area contributed by atoms with E-state index >= 15 is 0 Å². The number of pyridine rings is 1. The van der Waals surface area contributed by atoms with E-state index in [0.29, 0.717) is 5.92 Å². The number of hydrogen-bond donors (Lipinski definition) is 1. The molecule has 307 valence electrons. The van der Waals surface area contributed by atoms with E-state index in [-0.39, 0.29) is 47.9 Å². The van der Waals surface area contributed by atoms with E-state index in [1.54, 1.807) is 0 Å². The van der Waals surface area contributed by atoms with Gasteiger partial charge < -0.3 is 5.11 Å². The fourth-order valence-corrected chi connectivity index (χ4v) is 9.92. The van der Waals surface area contributed by atoms with Gasteiger partial charge in [-0.3, -0.25) is 9.78 Å². The van der Waals surface area contributed by atoms with Crippen LogP contribution in [0.2, 0.25) is 0 Å². The monoisotopic (exact) mass is 979 g/mol. The molecule has 0 fully saturated rings. The molecule has 0 saturated carbocycles. The van der Waals surface area contributed by atoms with Crippen LogP contribution in [0.15, 0.2) is 66.4 Å². The average molecular weight is 979 g/mol. The van der Waals surface area contributed by atoms with Crippen LogP contribution in [0.25, 0.3) is 53.5 Å². The molecule has 0 spiro atoms. The second-order valence-electron chi connectivity index (χ2n) is 17.8. The van der Waals surface area contributed by atoms with Gasteiger partial charge in [0, 0.05) is 57.2 Å². The van der Waals surface area contributed by atoms with Crippen molar-refractivity contribution in [1.82, 2.24) is 4.98 Å². The molecule has 0 aliphatic carbocycles. The molecular weight excluding hydrogens is 915 g/mol. The third kappa shape index (κ3) is 9.67. The molecule has 0 unspecified atom stereocenters. The minimum Gasteiger partial charge on any atom is -0.512 e. The molecule has 57 heavy (non-hydrogen) atoms. The molecule has 1 radical (unpaired) electrons. The molecule has 3 heterocycles. The molecule has 3 aromatic carbocycles. The van der Waals surface area contributed by atoms with E-state index in [4.69, 9.17) is 4.98 Å². The Hall–Kier alpha value is -3.15. The van der Waals surface area contributed by atoms with Gasteiger partial charge in [-0.2, -0.15) is 0 Å². The third-order valence-corrected chi connectivity index (χ3v) is 15.0. The van der Waals surface area contributed by atoms with Crippen molar-refractivity contribution in [2.24, 2.45) is 16.7 Å². The molecule has 1 N–H and O–H groups in total. The number of allylic oxidation sites excluding steroid dienone is 2. The van der Waals surface area contributed by atoms with Crippen LogP contribution in [0.4, 0.5) is 0 Å². The number of carbonyl (C=O) groups excluding carboxylic acids is 1. The summed E-state index contributed by atoms with van der Waals surface area (Å²) in [5, 5.41) is 13.9. The summed E-state index contributed by atoms with van der Waals surface area (Å²) in [6.07, 6.45) is 5.89. The summed E-state index contributed by atoms with van der Waals surface area (Å²) in [7, 11) is 0. The van der Waals surface area contributed by atoms with Crippen molar-refractivity contribution in [2.75, 3.05) is 0 Å². The van der Waals surface area contributed by atoms with Gasteiger partial charge in [-0.05, 0) is 97.9 Å². The van der Waals surface area contributed by atoms with Crippen molar-refractivity contribution in [1.29, 1.82) is 0 Å². The molecule has 0 aliphatic rings. The molecule has 6 aromatic rings. The summed E-state index contributed by atoms with van der Waals surface area (Å²) in [6, 6.07) is 24.0. The van der Waals surface area contributed by atoms with E-state index in [2.05, 4.69) is 116 Å². The number of aliphatic hydroxyl groups excluding tert-OH is 1. The zero-order chi connectivity index (χ0) is 41.3. The molecule has 6 heteroatoms. The Kier molecular flexibility index (Phi) is 15.0. The van der Waals surface area contributed by atoms with Gasteiger partial charge in [0.05, 0.1) is 10.2 Å². The number of carbonyl (C=O) groups is 1. The molecule has 6 rings (SSSR count). The quantitative estimate of drug-likeness (QED) is 0.0799. The fraction of sp³-hybridized carbons (Fsp3) is 0.451. The predicted molar refractivity (Wildman–Crippen MR) is 247 cm³/mol. The number of benzene rings is 3. The normalized spacial score (nSPS) is 12.6. The predicted octanol–water partition coefficient (Wildman–Crippen LogP) is 15.9. The molecule has 0 aliphatic heterocycles. The first-order valence-electron chi connectivity index (χ1n) is 20.6. The van der Waals surface area contributed by atoms with Crippen LogP contribution < -0.4 is 0 Å². The van der Waals surface area contributed by atoms with Gasteiger partial charge in [0.15, 0.2) is 5.78 Å². The summed E-state index contributed by atoms with van der Waals surface area (Å²) in [6.45, 7) is 30.3. The zero-order valence-electron chi connectivity index (χ0n) is 36.8. The molecule has 0 amide bonds. The van der Waals surface area contributed by atoms with Gasteiger partial charge in [-0.25, -0.2) is 0 Å². The SMILES string of the molecule is CCC(C)(CC)C(=O)/C=C(\O)C(C)(CC)CC.Cc1sc2c(-c3ccc4c(C)c(CC(C)C)sc4c3)cc(-c3[c-]c4ccccc4c(C(C)(C)C)c3)nc2c1C.[Ir]. The molecule has 0 saturated heterocycles. The minimum atomic E-state index is -0.337. The van der Waals surface area contributed by atoms with Gasteiger partial charge in [0.25, 0.3) is 0 Å². The number of nitrogens with zero attached hydrogens (tertiary/aromatic N) is 1. The molecule has 0 bridgehead atoms. The van der Waals surface area contributed by atoms with Crippen molar-refractivity contribution in [2.45, 2.75) is 134 Å². The van der Waals surface area contributed by atoms with Gasteiger partial charge >= 0.3 is 0 Å². The van der Waals surface area contributed by atoms with Crippen LogP contribution in [0.5, 0.6) is 0 Å². The fourth-order valence-electron chi connectivity index (χ4n) is 7.32. The Labute approximate surface area is 364 Å². The number of aryl methyl sites for hydroxylation is 3. The van der Waals surface area contributed by atoms with Crippen LogP contribution in [0, 0.1) is 43.6 Å². The number of thiophene rings is 2. The Morgan fingerprint density at radius 3 is 2.05 bits per heavy atom. The molecule has 0 atom stereocenters. The topological polar surface area (TPSA) is 50.2 Å². The van der Waals surface area contributed by atoms with Crippen molar-refractivity contribution in [3.63, 3.8) is 0 Å². The molecule has 3 nitrogen and oxygen atoms in total. The van der Waals surface area contributed by atoms with E-state index < -0.39 is 0 Å². The van der Waals surface area contributed by atoms with Gasteiger partial charge in [0.1, 0.15) is 5.76 Å². The van der Waals surface area contributed by atoms with Crippen molar-refractivity contribution >= 4 is 59.5 Å². The first-order chi connectivity index (χ1) is 26.3. The first-order valence-corrected chi connectivity index (χ1v) is 22.3. The van der Waals surface area contributed by atoms with Gasteiger partial charge in [-0.1, -0.05) is 124 Å². The van der Waals surface area contributed by atoms with Crippen LogP contribution in [0.3, 0.4) is 0 Å². The summed E-state index contributed by atoms with van der Waals surface area (Å²) < 4.78 is 2.66. The maximum atomic E-state index is 12.2. The summed E-state index contributed by atoms with van der Waals surface area (Å²) in [5.41, 5.74) is 9.19. The third-order valence-electron chi connectivity index (χ3n) is 12.5. The standard InChI is InChI=1S/C36H36NS2.C15H28O2.Ir/c1-20(2)15-32-22(4)27-14-13-25(18-33(27)39-32)29-19-31(37-34-21(3)23(5)38-35(29)34)26-16-24-11-9-10-12-28(24)30(17-26)36(6,7)8;1-7-14(5,8-2)12(16)11-13(17)15(6,9-3)10-4;/h9-14,17-20H,15H2,1-8H3;11,16H,7-10H2,1-6H3;/q-1;;/b;12-11-;. The number of fused-ring (bicyclic) bond motifs is 3. The van der Waals surface area contributed by atoms with Crippen LogP contribution >= 0.6 is 22.7 Å². The number of hydrogen-bond acceptors (Lipinski definition) is 5. The van der Waals surface area contributed by atoms with Crippen LogP contribution in [-0.4, -0.2) is 15.9 Å². The summed E-state index contributed by atoms with van der Waals surface area (Å²) >= 11 is 3.83. The number of aliphatic hydroxyl groups is 1. The zero-order valence-corrected chi connectivity index (χ0v) is 40.9. The number of aromatic nitrogens is 1. The van der Waals surface area contributed by atoms with Crippen molar-refractivity contribution in [3.8, 4) is 22.4 Å². The Morgan fingerprint density at radius 2 is 1.46 bits per heavy atom. The summed E-state index contributed by atoms with van der Waals surface area (Å²) in [4.78, 5) is 20.3. The van der Waals surface area contributed by atoms with E-state index in [1.807, 2.05) is 64.2 Å². The maximum Gasteiger partial charge on any atom is 0.164 e. The number of rotatable bonds is 11.